The van der Waals surface area contributed by atoms with Gasteiger partial charge in [0.1, 0.15) is 0 Å². The highest BCUT2D eigenvalue weighted by molar-refractivity contribution is 7.15. The van der Waals surface area contributed by atoms with Gasteiger partial charge in [-0.25, -0.2) is 14.6 Å². The Labute approximate surface area is 153 Å². The fourth-order valence-corrected chi connectivity index (χ4v) is 3.02. The van der Waals surface area contributed by atoms with Crippen LogP contribution in [0.15, 0.2) is 24.4 Å². The first-order valence-corrected chi connectivity index (χ1v) is 8.57. The quantitative estimate of drug-likeness (QED) is 0.612. The molecule has 9 heteroatoms. The van der Waals surface area contributed by atoms with Gasteiger partial charge < -0.3 is 15.5 Å². The Morgan fingerprint density at radius 1 is 1.40 bits per heavy atom. The Morgan fingerprint density at radius 2 is 2.12 bits per heavy atom. The first-order valence-electron chi connectivity index (χ1n) is 7.38. The highest BCUT2D eigenvalue weighted by atomic mass is 35.5. The molecule has 0 saturated heterocycles. The molecule has 1 atom stereocenters. The van der Waals surface area contributed by atoms with E-state index in [9.17, 15) is 14.7 Å². The van der Waals surface area contributed by atoms with Crippen molar-refractivity contribution in [2.45, 2.75) is 25.9 Å². The van der Waals surface area contributed by atoms with Crippen molar-refractivity contribution in [2.75, 3.05) is 11.9 Å². The number of halogens is 1. The molecule has 2 aromatic rings. The number of hydrogen-bond donors (Lipinski definition) is 4. The lowest BCUT2D eigenvalue weighted by Crippen LogP contribution is -2.47. The van der Waals surface area contributed by atoms with Crippen LogP contribution in [0.4, 0.5) is 9.93 Å². The number of anilines is 1. The topological polar surface area (TPSA) is 112 Å². The molecule has 2 rings (SSSR count). The predicted molar refractivity (Wildman–Crippen MR) is 96.4 cm³/mol. The zero-order valence-electron chi connectivity index (χ0n) is 13.7. The monoisotopic (exact) mass is 383 g/mol. The number of carbonyl (C=O) groups excluding carboxylic acids is 1. The number of carbonyl (C=O) groups is 2. The van der Waals surface area contributed by atoms with E-state index in [1.165, 1.54) is 11.3 Å². The molecule has 0 aliphatic rings. The van der Waals surface area contributed by atoms with Crippen LogP contribution in [0.3, 0.4) is 0 Å². The van der Waals surface area contributed by atoms with Crippen LogP contribution in [-0.2, 0) is 11.2 Å². The highest BCUT2D eigenvalue weighted by Crippen LogP contribution is 2.24. The van der Waals surface area contributed by atoms with Crippen LogP contribution in [0.25, 0.3) is 0 Å². The van der Waals surface area contributed by atoms with Crippen molar-refractivity contribution in [3.63, 3.8) is 0 Å². The number of aryl methyl sites for hydroxylation is 1. The van der Waals surface area contributed by atoms with E-state index in [0.717, 1.165) is 22.9 Å². The van der Waals surface area contributed by atoms with E-state index in [4.69, 9.17) is 16.7 Å². The van der Waals surface area contributed by atoms with Crippen molar-refractivity contribution in [3.05, 3.63) is 45.4 Å². The molecule has 25 heavy (non-hydrogen) atoms. The second-order valence-corrected chi connectivity index (χ2v) is 7.32. The number of benzene rings is 1. The molecule has 2 amide bonds. The van der Waals surface area contributed by atoms with Crippen LogP contribution >= 0.6 is 22.9 Å². The highest BCUT2D eigenvalue weighted by Gasteiger charge is 2.30. The number of urea groups is 1. The second kappa shape index (κ2) is 7.81. The number of carboxylic acid groups (broad SMARTS) is 1. The van der Waals surface area contributed by atoms with Crippen molar-refractivity contribution in [2.24, 2.45) is 0 Å². The molecule has 134 valence electrons. The zero-order chi connectivity index (χ0) is 18.6. The van der Waals surface area contributed by atoms with Gasteiger partial charge in [0.05, 0.1) is 6.54 Å². The zero-order valence-corrected chi connectivity index (χ0v) is 15.2. The van der Waals surface area contributed by atoms with Crippen molar-refractivity contribution in [1.82, 2.24) is 10.3 Å². The number of aromatic nitrogens is 1. The number of hydrogen-bond acceptors (Lipinski definition) is 5. The average Bonchev–Trinajstić information content (AvgIpc) is 2.95. The lowest BCUT2D eigenvalue weighted by Gasteiger charge is -2.18. The van der Waals surface area contributed by atoms with Gasteiger partial charge in [0, 0.05) is 22.5 Å². The fourth-order valence-electron chi connectivity index (χ4n) is 1.96. The summed E-state index contributed by atoms with van der Waals surface area (Å²) in [5, 5.41) is 24.2. The molecule has 0 aliphatic heterocycles. The van der Waals surface area contributed by atoms with Crippen molar-refractivity contribution >= 4 is 40.1 Å². The fraction of sp³-hybridized carbons (Fsp3) is 0.312. The van der Waals surface area contributed by atoms with Crippen molar-refractivity contribution < 1.29 is 19.8 Å². The minimum absolute atomic E-state index is 0.383. The van der Waals surface area contributed by atoms with Crippen LogP contribution in [0.1, 0.15) is 22.9 Å². The molecular formula is C16H18ClN3O4S. The van der Waals surface area contributed by atoms with E-state index in [-0.39, 0.29) is 0 Å². The summed E-state index contributed by atoms with van der Waals surface area (Å²) in [5.74, 6) is -1.41. The summed E-state index contributed by atoms with van der Waals surface area (Å²) < 4.78 is 0. The van der Waals surface area contributed by atoms with Gasteiger partial charge in [-0.05, 0) is 37.1 Å². The Balaban J connectivity index is 1.92. The molecule has 1 aromatic carbocycles. The Bertz CT molecular complexity index is 791. The van der Waals surface area contributed by atoms with Gasteiger partial charge in [0.2, 0.25) is 0 Å². The second-order valence-electron chi connectivity index (χ2n) is 5.77. The van der Waals surface area contributed by atoms with E-state index in [1.807, 2.05) is 25.1 Å². The lowest BCUT2D eigenvalue weighted by atomic mass is 10.1. The summed E-state index contributed by atoms with van der Waals surface area (Å²) >= 11 is 7.26. The Kier molecular flexibility index (Phi) is 5.99. The maximum absolute atomic E-state index is 11.8. The van der Waals surface area contributed by atoms with Crippen LogP contribution < -0.4 is 10.6 Å². The Hall–Kier alpha value is -2.16. The minimum atomic E-state index is -2.03. The maximum atomic E-state index is 11.8. The van der Waals surface area contributed by atoms with Crippen LogP contribution in [-0.4, -0.2) is 39.3 Å². The molecule has 0 saturated carbocycles. The van der Waals surface area contributed by atoms with Crippen LogP contribution in [0, 0.1) is 6.92 Å². The molecule has 1 heterocycles. The van der Waals surface area contributed by atoms with Crippen LogP contribution in [0.5, 0.6) is 0 Å². The molecular weight excluding hydrogens is 366 g/mol. The lowest BCUT2D eigenvalue weighted by molar-refractivity contribution is -0.155. The van der Waals surface area contributed by atoms with Gasteiger partial charge in [-0.3, -0.25) is 5.32 Å². The van der Waals surface area contributed by atoms with Gasteiger partial charge in [-0.2, -0.15) is 0 Å². The molecule has 7 nitrogen and oxygen atoms in total. The molecule has 0 spiro atoms. The van der Waals surface area contributed by atoms with E-state index in [2.05, 4.69) is 15.6 Å². The minimum Gasteiger partial charge on any atom is -0.479 e. The standard InChI is InChI=1S/C16H18ClN3O4S/c1-9-5-11(17)4-3-10(9)6-12-7-18-15(25-12)20-14(23)19-8-16(2,24)13(21)22/h3-5,7,24H,6,8H2,1-2H3,(H,21,22)(H2,18,19,20,23). The summed E-state index contributed by atoms with van der Waals surface area (Å²) in [6, 6.07) is 5.03. The van der Waals surface area contributed by atoms with Crippen LogP contribution in [0.2, 0.25) is 5.02 Å². The largest absolute Gasteiger partial charge is 0.479 e. The smallest absolute Gasteiger partial charge is 0.337 e. The summed E-state index contributed by atoms with van der Waals surface area (Å²) in [6.45, 7) is 2.66. The summed E-state index contributed by atoms with van der Waals surface area (Å²) in [7, 11) is 0. The number of nitrogens with zero attached hydrogens (tertiary/aromatic N) is 1. The predicted octanol–water partition coefficient (Wildman–Crippen LogP) is 2.65. The molecule has 1 unspecified atom stereocenters. The number of aliphatic hydroxyl groups is 1. The molecule has 0 fully saturated rings. The SMILES string of the molecule is Cc1cc(Cl)ccc1Cc1cnc(NC(=O)NCC(C)(O)C(=O)O)s1. The summed E-state index contributed by atoms with van der Waals surface area (Å²) in [6.07, 6.45) is 2.33. The average molecular weight is 384 g/mol. The molecule has 4 N–H and O–H groups in total. The van der Waals surface area contributed by atoms with Gasteiger partial charge in [0.15, 0.2) is 10.7 Å². The van der Waals surface area contributed by atoms with Gasteiger partial charge in [0.25, 0.3) is 0 Å². The van der Waals surface area contributed by atoms with E-state index >= 15 is 0 Å². The molecule has 0 radical (unpaired) electrons. The first-order chi connectivity index (χ1) is 11.7. The van der Waals surface area contributed by atoms with Gasteiger partial charge in [-0.1, -0.05) is 17.7 Å². The molecule has 0 bridgehead atoms. The molecule has 0 aliphatic carbocycles. The number of rotatable bonds is 6. The molecule has 1 aromatic heterocycles. The van der Waals surface area contributed by atoms with Crippen molar-refractivity contribution in [3.8, 4) is 0 Å². The number of nitrogens with one attached hydrogen (secondary N) is 2. The first kappa shape index (κ1) is 19.2. The summed E-state index contributed by atoms with van der Waals surface area (Å²) in [4.78, 5) is 27.6. The van der Waals surface area contributed by atoms with E-state index in [0.29, 0.717) is 16.6 Å². The number of carboxylic acids is 1. The number of amides is 2. The van der Waals surface area contributed by atoms with E-state index < -0.39 is 24.1 Å². The summed E-state index contributed by atoms with van der Waals surface area (Å²) in [5.41, 5.74) is 0.155. The van der Waals surface area contributed by atoms with Gasteiger partial charge >= 0.3 is 12.0 Å². The van der Waals surface area contributed by atoms with Crippen molar-refractivity contribution in [1.29, 1.82) is 0 Å². The normalized spacial score (nSPS) is 13.1. The maximum Gasteiger partial charge on any atom is 0.337 e. The van der Waals surface area contributed by atoms with Gasteiger partial charge in [-0.15, -0.1) is 11.3 Å². The number of thiazole rings is 1. The third kappa shape index (κ3) is 5.42. The third-order valence-electron chi connectivity index (χ3n) is 3.50. The van der Waals surface area contributed by atoms with E-state index in [1.54, 1.807) is 6.20 Å². The third-order valence-corrected chi connectivity index (χ3v) is 4.65. The Morgan fingerprint density at radius 3 is 2.76 bits per heavy atom. The number of aliphatic carboxylic acids is 1.